The predicted molar refractivity (Wildman–Crippen MR) is 202 cm³/mol. The number of ether oxygens (including phenoxy) is 1. The first-order valence-corrected chi connectivity index (χ1v) is 19.3. The summed E-state index contributed by atoms with van der Waals surface area (Å²) >= 11 is 6.27. The number of hydrogen-bond donors (Lipinski definition) is 2. The van der Waals surface area contributed by atoms with Crippen molar-refractivity contribution in [2.24, 2.45) is 0 Å². The Morgan fingerprint density at radius 3 is 2.19 bits per heavy atom. The van der Waals surface area contributed by atoms with Crippen molar-refractivity contribution < 1.29 is 27.5 Å². The highest BCUT2D eigenvalue weighted by Gasteiger charge is 2.28. The van der Waals surface area contributed by atoms with Crippen molar-refractivity contribution in [1.82, 2.24) is 19.1 Å². The molecule has 0 spiro atoms. The monoisotopic (exact) mass is 746 g/mol. The van der Waals surface area contributed by atoms with Crippen LogP contribution in [0.3, 0.4) is 0 Å². The second-order valence-electron chi connectivity index (χ2n) is 13.0. The zero-order valence-electron chi connectivity index (χ0n) is 29.4. The average molecular weight is 747 g/mol. The Balaban J connectivity index is 1.21. The number of amides is 3. The first-order chi connectivity index (χ1) is 25.0. The number of pyridine rings is 1. The number of hydrogen-bond acceptors (Lipinski definition) is 8. The maximum Gasteiger partial charge on any atom is 0.255 e. The van der Waals surface area contributed by atoms with Crippen LogP contribution in [0.1, 0.15) is 58.5 Å². The third-order valence-electron chi connectivity index (χ3n) is 9.42. The van der Waals surface area contributed by atoms with Gasteiger partial charge in [-0.1, -0.05) is 11.6 Å². The van der Waals surface area contributed by atoms with E-state index in [1.165, 1.54) is 23.5 Å². The molecule has 0 saturated carbocycles. The third-order valence-corrected chi connectivity index (χ3v) is 11.6. The predicted octanol–water partition coefficient (Wildman–Crippen LogP) is 5.81. The minimum Gasteiger partial charge on any atom is -0.497 e. The molecule has 0 bridgehead atoms. The van der Waals surface area contributed by atoms with E-state index in [1.54, 1.807) is 52.3 Å². The number of benzene rings is 3. The third kappa shape index (κ3) is 8.49. The van der Waals surface area contributed by atoms with Crippen molar-refractivity contribution in [1.29, 1.82) is 0 Å². The number of aromatic nitrogens is 1. The number of halogens is 1. The number of likely N-dealkylation sites (tertiary alicyclic amines) is 2. The Kier molecular flexibility index (Phi) is 11.6. The number of sulfonamides is 1. The fourth-order valence-electron chi connectivity index (χ4n) is 6.64. The summed E-state index contributed by atoms with van der Waals surface area (Å²) in [6.07, 6.45) is 3.47. The quantitative estimate of drug-likeness (QED) is 0.175. The lowest BCUT2D eigenvalue weighted by Crippen LogP contribution is -2.37. The molecule has 6 rings (SSSR count). The second kappa shape index (κ2) is 16.3. The summed E-state index contributed by atoms with van der Waals surface area (Å²) in [7, 11) is -2.54. The van der Waals surface area contributed by atoms with Gasteiger partial charge in [0.2, 0.25) is 15.9 Å². The van der Waals surface area contributed by atoms with E-state index in [1.807, 2.05) is 19.1 Å². The molecule has 12 nitrogen and oxygen atoms in total. The highest BCUT2D eigenvalue weighted by Crippen LogP contribution is 2.28. The van der Waals surface area contributed by atoms with Crippen molar-refractivity contribution in [3.8, 4) is 5.75 Å². The van der Waals surface area contributed by atoms with Gasteiger partial charge < -0.3 is 25.2 Å². The van der Waals surface area contributed by atoms with Crippen molar-refractivity contribution in [3.05, 3.63) is 88.6 Å². The van der Waals surface area contributed by atoms with Crippen LogP contribution in [0.5, 0.6) is 5.75 Å². The van der Waals surface area contributed by atoms with Crippen molar-refractivity contribution in [3.63, 3.8) is 0 Å². The van der Waals surface area contributed by atoms with Crippen molar-refractivity contribution in [2.75, 3.05) is 63.6 Å². The van der Waals surface area contributed by atoms with Gasteiger partial charge in [0.05, 0.1) is 28.8 Å². The lowest BCUT2D eigenvalue weighted by atomic mass is 10.1. The molecule has 2 aliphatic rings. The molecule has 4 aromatic rings. The number of rotatable bonds is 13. The zero-order chi connectivity index (χ0) is 36.8. The highest BCUT2D eigenvalue weighted by atomic mass is 35.5. The number of nitrogens with one attached hydrogen (secondary N) is 2. The van der Waals surface area contributed by atoms with E-state index >= 15 is 0 Å². The van der Waals surface area contributed by atoms with Crippen LogP contribution in [0.15, 0.2) is 71.6 Å². The summed E-state index contributed by atoms with van der Waals surface area (Å²) in [6.45, 7) is 4.55. The maximum atomic E-state index is 14.0. The molecule has 2 fully saturated rings. The van der Waals surface area contributed by atoms with E-state index in [0.29, 0.717) is 42.5 Å². The van der Waals surface area contributed by atoms with Crippen LogP contribution in [0, 0.1) is 6.92 Å². The molecule has 0 aliphatic carbocycles. The molecule has 2 N–H and O–H groups in total. The minimum atomic E-state index is -4.04. The fraction of sp³-hybridized carbons (Fsp3) is 0.368. The van der Waals surface area contributed by atoms with E-state index in [2.05, 4.69) is 15.6 Å². The molecular formula is C38H43ClN6O6S. The van der Waals surface area contributed by atoms with Gasteiger partial charge >= 0.3 is 0 Å². The number of carbonyl (C=O) groups excluding carboxylic acids is 3. The molecule has 2 saturated heterocycles. The van der Waals surface area contributed by atoms with Gasteiger partial charge in [0, 0.05) is 79.6 Å². The molecule has 0 radical (unpaired) electrons. The summed E-state index contributed by atoms with van der Waals surface area (Å²) in [5.74, 6) is -0.351. The highest BCUT2D eigenvalue weighted by molar-refractivity contribution is 7.89. The summed E-state index contributed by atoms with van der Waals surface area (Å²) in [4.78, 5) is 48.5. The summed E-state index contributed by atoms with van der Waals surface area (Å²) in [5, 5.41) is 7.53. The van der Waals surface area contributed by atoms with Crippen LogP contribution in [-0.4, -0.2) is 98.2 Å². The Labute approximate surface area is 309 Å². The Bertz CT molecular complexity index is 2060. The van der Waals surface area contributed by atoms with E-state index in [0.717, 1.165) is 48.0 Å². The van der Waals surface area contributed by atoms with Crippen LogP contribution in [0.2, 0.25) is 5.02 Å². The molecule has 3 heterocycles. The Hall–Kier alpha value is -4.72. The molecule has 3 amide bonds. The Morgan fingerprint density at radius 2 is 1.52 bits per heavy atom. The number of aryl methyl sites for hydroxylation is 1. The second-order valence-corrected chi connectivity index (χ2v) is 15.4. The molecule has 274 valence electrons. The molecular weight excluding hydrogens is 704 g/mol. The first-order valence-electron chi connectivity index (χ1n) is 17.5. The van der Waals surface area contributed by atoms with Gasteiger partial charge in [0.15, 0.2) is 0 Å². The topological polar surface area (TPSA) is 141 Å². The fourth-order valence-corrected chi connectivity index (χ4v) is 8.25. The van der Waals surface area contributed by atoms with Gasteiger partial charge in [0.1, 0.15) is 5.75 Å². The number of nitrogens with zero attached hydrogens (tertiary/aromatic N) is 4. The maximum absolute atomic E-state index is 14.0. The van der Waals surface area contributed by atoms with Crippen LogP contribution in [0.25, 0.3) is 10.9 Å². The average Bonchev–Trinajstić information content (AvgIpc) is 3.89. The lowest BCUT2D eigenvalue weighted by Gasteiger charge is -2.23. The summed E-state index contributed by atoms with van der Waals surface area (Å²) < 4.78 is 34.4. The van der Waals surface area contributed by atoms with Gasteiger partial charge in [0.25, 0.3) is 11.8 Å². The van der Waals surface area contributed by atoms with Gasteiger partial charge in [-0.2, -0.15) is 4.31 Å². The first kappa shape index (κ1) is 37.1. The van der Waals surface area contributed by atoms with Crippen molar-refractivity contribution >= 4 is 61.6 Å². The number of carbonyl (C=O) groups is 3. The van der Waals surface area contributed by atoms with E-state index < -0.39 is 15.9 Å². The van der Waals surface area contributed by atoms with Crippen LogP contribution >= 0.6 is 11.6 Å². The van der Waals surface area contributed by atoms with Crippen LogP contribution in [-0.2, 0) is 14.8 Å². The summed E-state index contributed by atoms with van der Waals surface area (Å²) in [6, 6.07) is 18.1. The van der Waals surface area contributed by atoms with Gasteiger partial charge in [-0.15, -0.1) is 0 Å². The largest absolute Gasteiger partial charge is 0.497 e. The SMILES string of the molecule is COc1ccc(S(=O)(=O)N(CCNc2cc(C)nc3ccc(Cl)cc23)CCC(=O)Nc2ccc(C(=O)N3CCCC3)cc2C(=O)N2CCCC2)cc1. The molecule has 0 unspecified atom stereocenters. The smallest absolute Gasteiger partial charge is 0.255 e. The van der Waals surface area contributed by atoms with Crippen LogP contribution < -0.4 is 15.4 Å². The van der Waals surface area contributed by atoms with Gasteiger partial charge in [-0.3, -0.25) is 19.4 Å². The molecule has 3 aromatic carbocycles. The molecule has 52 heavy (non-hydrogen) atoms. The standard InChI is InChI=1S/C38H43ClN6O6S/c1-26-23-35(31-25-28(39)8-14-33(31)41-26)40-16-22-45(52(49,50)30-11-9-29(51-2)10-12-30)21-15-36(46)42-34-13-7-27(37(47)43-17-3-4-18-43)24-32(34)38(48)44-19-5-6-20-44/h7-14,23-25H,3-6,15-22H2,1-2H3,(H,40,41)(H,42,46). The lowest BCUT2D eigenvalue weighted by molar-refractivity contribution is -0.116. The number of fused-ring (bicyclic) bond motifs is 1. The van der Waals surface area contributed by atoms with Gasteiger partial charge in [-0.05, 0) is 99.3 Å². The van der Waals surface area contributed by atoms with E-state index in [-0.39, 0.29) is 54.0 Å². The number of methoxy groups -OCH3 is 1. The van der Waals surface area contributed by atoms with E-state index in [4.69, 9.17) is 16.3 Å². The molecule has 0 atom stereocenters. The summed E-state index contributed by atoms with van der Waals surface area (Å²) in [5.41, 5.74) is 3.21. The molecule has 1 aromatic heterocycles. The normalized spacial score (nSPS) is 14.6. The Morgan fingerprint density at radius 1 is 0.846 bits per heavy atom. The van der Waals surface area contributed by atoms with Crippen molar-refractivity contribution in [2.45, 2.75) is 43.9 Å². The molecule has 14 heteroatoms. The van der Waals surface area contributed by atoms with Crippen LogP contribution in [0.4, 0.5) is 11.4 Å². The van der Waals surface area contributed by atoms with E-state index in [9.17, 15) is 22.8 Å². The molecule has 2 aliphatic heterocycles. The minimum absolute atomic E-state index is 0.0388. The number of anilines is 2. The zero-order valence-corrected chi connectivity index (χ0v) is 30.9. The van der Waals surface area contributed by atoms with Gasteiger partial charge in [-0.25, -0.2) is 8.42 Å².